The van der Waals surface area contributed by atoms with E-state index in [-0.39, 0.29) is 5.88 Å². The van der Waals surface area contributed by atoms with E-state index in [2.05, 4.69) is 0 Å². The predicted octanol–water partition coefficient (Wildman–Crippen LogP) is 1.30. The number of hydrogen-bond donors (Lipinski definition) is 3. The van der Waals surface area contributed by atoms with E-state index in [0.29, 0.717) is 6.07 Å². The van der Waals surface area contributed by atoms with Crippen LogP contribution in [0.3, 0.4) is 0 Å². The molecule has 0 saturated heterocycles. The number of phenolic OH excluding ortho intramolecular Hbond substituents is 1. The zero-order valence-electron chi connectivity index (χ0n) is 7.49. The van der Waals surface area contributed by atoms with Gasteiger partial charge in [0.15, 0.2) is 11.6 Å². The fourth-order valence-electron chi connectivity index (χ4n) is 1.10. The average molecular weight is 239 g/mol. The van der Waals surface area contributed by atoms with Crippen molar-refractivity contribution in [3.63, 3.8) is 0 Å². The smallest absolute Gasteiger partial charge is 0.168 e. The van der Waals surface area contributed by atoms with E-state index >= 15 is 0 Å². The summed E-state index contributed by atoms with van der Waals surface area (Å²) in [5.41, 5.74) is -0.430. The molecule has 84 valence electrons. The summed E-state index contributed by atoms with van der Waals surface area (Å²) in [4.78, 5) is 0. The summed E-state index contributed by atoms with van der Waals surface area (Å²) < 4.78 is 25.6. The zero-order valence-corrected chi connectivity index (χ0v) is 8.25. The van der Waals surface area contributed by atoms with Crippen LogP contribution >= 0.6 is 11.6 Å². The van der Waals surface area contributed by atoms with Crippen molar-refractivity contribution in [3.05, 3.63) is 29.3 Å². The third-order valence-electron chi connectivity index (χ3n) is 1.90. The Bertz CT molecular complexity index is 359. The van der Waals surface area contributed by atoms with Gasteiger partial charge in [-0.2, -0.15) is 0 Å². The molecule has 0 bridgehead atoms. The molecule has 1 rings (SSSR count). The Morgan fingerprint density at radius 2 is 1.87 bits per heavy atom. The van der Waals surface area contributed by atoms with Crippen LogP contribution in [0.2, 0.25) is 0 Å². The number of alkyl halides is 1. The summed E-state index contributed by atoms with van der Waals surface area (Å²) in [5.74, 6) is -3.38. The van der Waals surface area contributed by atoms with Crippen LogP contribution in [0, 0.1) is 11.6 Å². The molecule has 6 heteroatoms. The minimum atomic E-state index is -1.63. The Hall–Kier alpha value is -0.910. The fourth-order valence-corrected chi connectivity index (χ4v) is 1.27. The summed E-state index contributed by atoms with van der Waals surface area (Å²) in [6, 6.07) is 1.21. The van der Waals surface area contributed by atoms with Crippen molar-refractivity contribution in [3.8, 4) is 5.75 Å². The van der Waals surface area contributed by atoms with Crippen molar-refractivity contribution in [2.75, 3.05) is 5.88 Å². The third-order valence-corrected chi connectivity index (χ3v) is 2.22. The van der Waals surface area contributed by atoms with Crippen molar-refractivity contribution in [2.24, 2.45) is 0 Å². The molecule has 0 aliphatic rings. The summed E-state index contributed by atoms with van der Waals surface area (Å²) in [6.07, 6.45) is -3.04. The topological polar surface area (TPSA) is 60.7 Å². The van der Waals surface area contributed by atoms with E-state index in [1.807, 2.05) is 0 Å². The molecule has 0 aliphatic carbocycles. The van der Waals surface area contributed by atoms with E-state index in [4.69, 9.17) is 16.7 Å². The lowest BCUT2D eigenvalue weighted by Gasteiger charge is -2.17. The Morgan fingerprint density at radius 3 is 2.40 bits per heavy atom. The molecule has 15 heavy (non-hydrogen) atoms. The standard InChI is InChI=1S/C9H9ClF2O3/c10-3-7(13)9(15)5-1-4(11)2-6(12)8(5)14/h1-2,7,9,13-15H,3H2. The first-order chi connectivity index (χ1) is 6.97. The highest BCUT2D eigenvalue weighted by molar-refractivity contribution is 6.18. The van der Waals surface area contributed by atoms with Gasteiger partial charge < -0.3 is 15.3 Å². The number of phenols is 1. The van der Waals surface area contributed by atoms with Crippen molar-refractivity contribution in [2.45, 2.75) is 12.2 Å². The SMILES string of the molecule is Oc1c(F)cc(F)cc1C(O)C(O)CCl. The molecular weight excluding hydrogens is 230 g/mol. The van der Waals surface area contributed by atoms with Crippen LogP contribution in [0.4, 0.5) is 8.78 Å². The van der Waals surface area contributed by atoms with Crippen molar-refractivity contribution in [1.29, 1.82) is 0 Å². The molecule has 2 atom stereocenters. The maximum Gasteiger partial charge on any atom is 0.168 e. The van der Waals surface area contributed by atoms with Crippen LogP contribution in [0.25, 0.3) is 0 Å². The summed E-state index contributed by atoms with van der Waals surface area (Å²) in [7, 11) is 0. The molecule has 1 aromatic carbocycles. The minimum Gasteiger partial charge on any atom is -0.505 e. The second-order valence-electron chi connectivity index (χ2n) is 2.99. The quantitative estimate of drug-likeness (QED) is 0.696. The number of aliphatic hydroxyl groups excluding tert-OH is 2. The highest BCUT2D eigenvalue weighted by atomic mass is 35.5. The van der Waals surface area contributed by atoms with E-state index in [1.165, 1.54) is 0 Å². The van der Waals surface area contributed by atoms with Gasteiger partial charge in [-0.25, -0.2) is 8.78 Å². The monoisotopic (exact) mass is 238 g/mol. The van der Waals surface area contributed by atoms with Crippen molar-refractivity contribution >= 4 is 11.6 Å². The highest BCUT2D eigenvalue weighted by Gasteiger charge is 2.23. The van der Waals surface area contributed by atoms with E-state index in [0.717, 1.165) is 6.07 Å². The molecule has 0 spiro atoms. The van der Waals surface area contributed by atoms with Crippen LogP contribution in [0.5, 0.6) is 5.75 Å². The van der Waals surface area contributed by atoms with Gasteiger partial charge in [-0.05, 0) is 6.07 Å². The highest BCUT2D eigenvalue weighted by Crippen LogP contribution is 2.30. The van der Waals surface area contributed by atoms with Crippen LogP contribution < -0.4 is 0 Å². The summed E-state index contributed by atoms with van der Waals surface area (Å²) in [6.45, 7) is 0. The van der Waals surface area contributed by atoms with Crippen molar-refractivity contribution in [1.82, 2.24) is 0 Å². The first-order valence-corrected chi connectivity index (χ1v) is 4.60. The Morgan fingerprint density at radius 1 is 1.27 bits per heavy atom. The fraction of sp³-hybridized carbons (Fsp3) is 0.333. The maximum absolute atomic E-state index is 12.9. The normalized spacial score (nSPS) is 15.0. The Kier molecular flexibility index (Phi) is 3.84. The first kappa shape index (κ1) is 12.2. The van der Waals surface area contributed by atoms with Gasteiger partial charge in [0.25, 0.3) is 0 Å². The van der Waals surface area contributed by atoms with Crippen LogP contribution in [-0.4, -0.2) is 27.3 Å². The third kappa shape index (κ3) is 2.56. The molecule has 0 aromatic heterocycles. The van der Waals surface area contributed by atoms with E-state index in [1.54, 1.807) is 0 Å². The van der Waals surface area contributed by atoms with E-state index in [9.17, 15) is 19.0 Å². The van der Waals surface area contributed by atoms with Gasteiger partial charge in [0.05, 0.1) is 12.0 Å². The zero-order chi connectivity index (χ0) is 11.6. The predicted molar refractivity (Wildman–Crippen MR) is 49.7 cm³/mol. The Labute approximate surface area is 89.5 Å². The Balaban J connectivity index is 3.13. The first-order valence-electron chi connectivity index (χ1n) is 4.07. The number of halogens is 3. The summed E-state index contributed by atoms with van der Waals surface area (Å²) >= 11 is 5.25. The molecule has 3 nitrogen and oxygen atoms in total. The maximum atomic E-state index is 12.9. The molecule has 0 heterocycles. The van der Waals surface area contributed by atoms with Gasteiger partial charge in [-0.1, -0.05) is 0 Å². The van der Waals surface area contributed by atoms with Gasteiger partial charge in [0, 0.05) is 11.6 Å². The summed E-state index contributed by atoms with van der Waals surface area (Å²) in [5, 5.41) is 27.7. The number of benzene rings is 1. The second-order valence-corrected chi connectivity index (χ2v) is 3.30. The number of aromatic hydroxyl groups is 1. The largest absolute Gasteiger partial charge is 0.505 e. The van der Waals surface area contributed by atoms with Gasteiger partial charge >= 0.3 is 0 Å². The average Bonchev–Trinajstić information content (AvgIpc) is 2.21. The minimum absolute atomic E-state index is 0.321. The molecule has 0 aliphatic heterocycles. The molecule has 1 aromatic rings. The molecule has 0 saturated carbocycles. The van der Waals surface area contributed by atoms with Crippen molar-refractivity contribution < 1.29 is 24.1 Å². The van der Waals surface area contributed by atoms with Crippen LogP contribution in [0.15, 0.2) is 12.1 Å². The number of hydrogen-bond acceptors (Lipinski definition) is 3. The molecule has 0 fully saturated rings. The van der Waals surface area contributed by atoms with Crippen LogP contribution in [-0.2, 0) is 0 Å². The van der Waals surface area contributed by atoms with Gasteiger partial charge in [-0.15, -0.1) is 11.6 Å². The molecule has 2 unspecified atom stereocenters. The number of aliphatic hydroxyl groups is 2. The van der Waals surface area contributed by atoms with E-state index < -0.39 is 35.2 Å². The lowest BCUT2D eigenvalue weighted by molar-refractivity contribution is 0.0307. The molecule has 3 N–H and O–H groups in total. The lowest BCUT2D eigenvalue weighted by Crippen LogP contribution is -2.20. The number of rotatable bonds is 3. The van der Waals surface area contributed by atoms with Gasteiger partial charge in [-0.3, -0.25) is 0 Å². The lowest BCUT2D eigenvalue weighted by atomic mass is 10.0. The van der Waals surface area contributed by atoms with Gasteiger partial charge in [0.1, 0.15) is 11.9 Å². The molecule has 0 amide bonds. The van der Waals surface area contributed by atoms with Crippen LogP contribution in [0.1, 0.15) is 11.7 Å². The second kappa shape index (κ2) is 4.74. The molecule has 0 radical (unpaired) electrons. The molecular formula is C9H9ClF2O3. The van der Waals surface area contributed by atoms with Gasteiger partial charge in [0.2, 0.25) is 0 Å².